The predicted octanol–water partition coefficient (Wildman–Crippen LogP) is 1.85. The summed E-state index contributed by atoms with van der Waals surface area (Å²) in [5.41, 5.74) is 0.471. The van der Waals surface area contributed by atoms with Crippen molar-refractivity contribution in [3.8, 4) is 0 Å². The molecule has 0 N–H and O–H groups in total. The van der Waals surface area contributed by atoms with Gasteiger partial charge >= 0.3 is 5.97 Å². The molecule has 60 valence electrons. The summed E-state index contributed by atoms with van der Waals surface area (Å²) in [6, 6.07) is 1.58. The molecule has 0 unspecified atom stereocenters. The van der Waals surface area contributed by atoms with Crippen LogP contribution in [0, 0.1) is 0 Å². The van der Waals surface area contributed by atoms with E-state index in [1.54, 1.807) is 6.07 Å². The SMILES string of the molecule is CCCOC(=O)c1ccoc1. The normalized spacial score (nSPS) is 9.55. The van der Waals surface area contributed by atoms with Crippen LogP contribution >= 0.6 is 0 Å². The number of ether oxygens (including phenoxy) is 1. The summed E-state index contributed by atoms with van der Waals surface area (Å²) in [7, 11) is 0. The van der Waals surface area contributed by atoms with Crippen molar-refractivity contribution in [2.24, 2.45) is 0 Å². The van der Waals surface area contributed by atoms with E-state index < -0.39 is 0 Å². The number of esters is 1. The van der Waals surface area contributed by atoms with Crippen molar-refractivity contribution < 1.29 is 13.9 Å². The molecule has 0 saturated carbocycles. The lowest BCUT2D eigenvalue weighted by Gasteiger charge is -1.98. The van der Waals surface area contributed by atoms with Crippen molar-refractivity contribution in [2.45, 2.75) is 13.3 Å². The molecule has 11 heavy (non-hydrogen) atoms. The molecule has 1 rings (SSSR count). The first-order chi connectivity index (χ1) is 5.34. The van der Waals surface area contributed by atoms with E-state index in [-0.39, 0.29) is 5.97 Å². The van der Waals surface area contributed by atoms with Crippen LogP contribution in [0.15, 0.2) is 23.0 Å². The van der Waals surface area contributed by atoms with Gasteiger partial charge < -0.3 is 9.15 Å². The standard InChI is InChI=1S/C8H10O3/c1-2-4-11-8(9)7-3-5-10-6-7/h3,5-6H,2,4H2,1H3. The highest BCUT2D eigenvalue weighted by molar-refractivity contribution is 5.88. The van der Waals surface area contributed by atoms with Crippen LogP contribution in [-0.4, -0.2) is 12.6 Å². The van der Waals surface area contributed by atoms with E-state index in [2.05, 4.69) is 0 Å². The van der Waals surface area contributed by atoms with Crippen LogP contribution < -0.4 is 0 Å². The summed E-state index contributed by atoms with van der Waals surface area (Å²) in [5, 5.41) is 0. The Hall–Kier alpha value is -1.25. The highest BCUT2D eigenvalue weighted by Gasteiger charge is 2.06. The quantitative estimate of drug-likeness (QED) is 0.623. The summed E-state index contributed by atoms with van der Waals surface area (Å²) < 4.78 is 9.55. The topological polar surface area (TPSA) is 39.4 Å². The van der Waals surface area contributed by atoms with Crippen molar-refractivity contribution in [3.05, 3.63) is 24.2 Å². The Morgan fingerprint density at radius 2 is 2.55 bits per heavy atom. The maximum atomic E-state index is 11.0. The van der Waals surface area contributed by atoms with Gasteiger partial charge in [-0.1, -0.05) is 6.92 Å². The maximum absolute atomic E-state index is 11.0. The molecule has 0 aliphatic rings. The van der Waals surface area contributed by atoms with Crippen LogP contribution in [-0.2, 0) is 4.74 Å². The van der Waals surface area contributed by atoms with E-state index >= 15 is 0 Å². The number of hydrogen-bond acceptors (Lipinski definition) is 3. The van der Waals surface area contributed by atoms with Crippen molar-refractivity contribution in [3.63, 3.8) is 0 Å². The summed E-state index contributed by atoms with van der Waals surface area (Å²) in [4.78, 5) is 11.0. The lowest BCUT2D eigenvalue weighted by molar-refractivity contribution is 0.0504. The molecule has 3 nitrogen and oxygen atoms in total. The first-order valence-electron chi connectivity index (χ1n) is 3.54. The molecule has 0 atom stereocenters. The minimum absolute atomic E-state index is 0.319. The summed E-state index contributed by atoms with van der Waals surface area (Å²) >= 11 is 0. The maximum Gasteiger partial charge on any atom is 0.341 e. The molecule has 0 spiro atoms. The third-order valence-corrected chi connectivity index (χ3v) is 1.19. The van der Waals surface area contributed by atoms with Gasteiger partial charge in [-0.3, -0.25) is 0 Å². The summed E-state index contributed by atoms with van der Waals surface area (Å²) in [5.74, 6) is -0.319. The minimum Gasteiger partial charge on any atom is -0.472 e. The molecular weight excluding hydrogens is 144 g/mol. The molecular formula is C8H10O3. The third-order valence-electron chi connectivity index (χ3n) is 1.19. The number of carbonyl (C=O) groups excluding carboxylic acids is 1. The molecule has 0 amide bonds. The van der Waals surface area contributed by atoms with E-state index in [1.807, 2.05) is 6.92 Å². The number of furan rings is 1. The summed E-state index contributed by atoms with van der Waals surface area (Å²) in [6.07, 6.45) is 3.66. The zero-order valence-corrected chi connectivity index (χ0v) is 6.37. The molecule has 1 aromatic heterocycles. The Labute approximate surface area is 65.0 Å². The average Bonchev–Trinajstić information content (AvgIpc) is 2.52. The molecule has 0 aliphatic heterocycles. The molecule has 0 saturated heterocycles. The second kappa shape index (κ2) is 3.81. The van der Waals surface area contributed by atoms with E-state index in [1.165, 1.54) is 12.5 Å². The fourth-order valence-electron chi connectivity index (χ4n) is 0.659. The van der Waals surface area contributed by atoms with Gasteiger partial charge in [-0.05, 0) is 12.5 Å². The molecule has 0 aromatic carbocycles. The van der Waals surface area contributed by atoms with Crippen molar-refractivity contribution in [1.29, 1.82) is 0 Å². The van der Waals surface area contributed by atoms with Crippen LogP contribution in [0.5, 0.6) is 0 Å². The van der Waals surface area contributed by atoms with Crippen molar-refractivity contribution in [1.82, 2.24) is 0 Å². The van der Waals surface area contributed by atoms with Gasteiger partial charge in [0.05, 0.1) is 18.4 Å². The molecule has 1 aromatic rings. The second-order valence-electron chi connectivity index (χ2n) is 2.15. The monoisotopic (exact) mass is 154 g/mol. The molecule has 0 bridgehead atoms. The van der Waals surface area contributed by atoms with E-state index in [4.69, 9.17) is 9.15 Å². The fraction of sp³-hybridized carbons (Fsp3) is 0.375. The van der Waals surface area contributed by atoms with E-state index in [0.29, 0.717) is 12.2 Å². The molecule has 3 heteroatoms. The van der Waals surface area contributed by atoms with Crippen molar-refractivity contribution in [2.75, 3.05) is 6.61 Å². The number of hydrogen-bond donors (Lipinski definition) is 0. The van der Waals surface area contributed by atoms with Crippen LogP contribution in [0.25, 0.3) is 0 Å². The van der Waals surface area contributed by atoms with E-state index in [0.717, 1.165) is 6.42 Å². The van der Waals surface area contributed by atoms with Gasteiger partial charge in [0.1, 0.15) is 6.26 Å². The van der Waals surface area contributed by atoms with Gasteiger partial charge in [-0.25, -0.2) is 4.79 Å². The lowest BCUT2D eigenvalue weighted by Crippen LogP contribution is -2.03. The Kier molecular flexibility index (Phi) is 2.72. The largest absolute Gasteiger partial charge is 0.472 e. The Balaban J connectivity index is 2.43. The smallest absolute Gasteiger partial charge is 0.341 e. The van der Waals surface area contributed by atoms with Gasteiger partial charge in [-0.2, -0.15) is 0 Å². The van der Waals surface area contributed by atoms with Crippen LogP contribution in [0.3, 0.4) is 0 Å². The molecule has 0 radical (unpaired) electrons. The van der Waals surface area contributed by atoms with Gasteiger partial charge in [-0.15, -0.1) is 0 Å². The highest BCUT2D eigenvalue weighted by Crippen LogP contribution is 2.01. The second-order valence-corrected chi connectivity index (χ2v) is 2.15. The Morgan fingerprint density at radius 1 is 1.73 bits per heavy atom. The van der Waals surface area contributed by atoms with Crippen LogP contribution in [0.4, 0.5) is 0 Å². The molecule has 0 fully saturated rings. The number of carbonyl (C=O) groups is 1. The predicted molar refractivity (Wildman–Crippen MR) is 39.3 cm³/mol. The first kappa shape index (κ1) is 7.85. The van der Waals surface area contributed by atoms with Crippen LogP contribution in [0.2, 0.25) is 0 Å². The van der Waals surface area contributed by atoms with Gasteiger partial charge in [0.15, 0.2) is 0 Å². The minimum atomic E-state index is -0.319. The van der Waals surface area contributed by atoms with Gasteiger partial charge in [0.25, 0.3) is 0 Å². The van der Waals surface area contributed by atoms with Gasteiger partial charge in [0, 0.05) is 0 Å². The van der Waals surface area contributed by atoms with Crippen molar-refractivity contribution >= 4 is 5.97 Å². The highest BCUT2D eigenvalue weighted by atomic mass is 16.5. The average molecular weight is 154 g/mol. The molecule has 0 aliphatic carbocycles. The van der Waals surface area contributed by atoms with Crippen LogP contribution in [0.1, 0.15) is 23.7 Å². The Morgan fingerprint density at radius 3 is 3.09 bits per heavy atom. The van der Waals surface area contributed by atoms with E-state index in [9.17, 15) is 4.79 Å². The third kappa shape index (κ3) is 2.11. The van der Waals surface area contributed by atoms with Gasteiger partial charge in [0.2, 0.25) is 0 Å². The zero-order chi connectivity index (χ0) is 8.10. The number of rotatable bonds is 3. The fourth-order valence-corrected chi connectivity index (χ4v) is 0.659. The Bertz CT molecular complexity index is 213. The molecule has 1 heterocycles. The summed E-state index contributed by atoms with van der Waals surface area (Å²) in [6.45, 7) is 2.41. The zero-order valence-electron chi connectivity index (χ0n) is 6.37. The lowest BCUT2D eigenvalue weighted by atomic mass is 10.3. The first-order valence-corrected chi connectivity index (χ1v) is 3.54.